The fourth-order valence-corrected chi connectivity index (χ4v) is 5.56. The lowest BCUT2D eigenvalue weighted by Crippen LogP contribution is -2.52. The maximum atomic E-state index is 12.3. The molecule has 3 heterocycles. The van der Waals surface area contributed by atoms with Crippen LogP contribution in [0.3, 0.4) is 0 Å². The van der Waals surface area contributed by atoms with Crippen LogP contribution < -0.4 is 10.1 Å². The highest BCUT2D eigenvalue weighted by molar-refractivity contribution is 6.31. The first-order chi connectivity index (χ1) is 16.9. The van der Waals surface area contributed by atoms with Crippen LogP contribution in [0.4, 0.5) is 0 Å². The first-order valence-electron chi connectivity index (χ1n) is 11.7. The van der Waals surface area contributed by atoms with Gasteiger partial charge < -0.3 is 15.2 Å². The lowest BCUT2D eigenvalue weighted by Gasteiger charge is -2.43. The predicted octanol–water partition coefficient (Wildman–Crippen LogP) is 6.44. The molecule has 4 aromatic rings. The molecule has 5 nitrogen and oxygen atoms in total. The van der Waals surface area contributed by atoms with E-state index < -0.39 is 5.60 Å². The summed E-state index contributed by atoms with van der Waals surface area (Å²) in [5.41, 5.74) is 2.68. The Balaban J connectivity index is 0.00000304. The van der Waals surface area contributed by atoms with Crippen LogP contribution in [0.25, 0.3) is 10.9 Å². The average Bonchev–Trinajstić information content (AvgIpc) is 2.85. The van der Waals surface area contributed by atoms with Crippen LogP contribution in [-0.2, 0) is 6.42 Å². The van der Waals surface area contributed by atoms with Gasteiger partial charge in [-0.05, 0) is 79.4 Å². The molecule has 2 N–H and O–H groups in total. The summed E-state index contributed by atoms with van der Waals surface area (Å²) in [6.07, 6.45) is 5.58. The second-order valence-electron chi connectivity index (χ2n) is 9.18. The molecule has 0 saturated carbocycles. The molecule has 1 aliphatic rings. The van der Waals surface area contributed by atoms with E-state index in [2.05, 4.69) is 16.4 Å². The Hall–Kier alpha value is -2.70. The third kappa shape index (κ3) is 5.50. The van der Waals surface area contributed by atoms with Crippen molar-refractivity contribution in [3.05, 3.63) is 99.8 Å². The van der Waals surface area contributed by atoms with Crippen LogP contribution in [0.15, 0.2) is 73.1 Å². The minimum Gasteiger partial charge on any atom is -0.481 e. The van der Waals surface area contributed by atoms with E-state index in [0.717, 1.165) is 34.0 Å². The molecule has 1 fully saturated rings. The van der Waals surface area contributed by atoms with Crippen LogP contribution >= 0.6 is 23.2 Å². The Morgan fingerprint density at radius 3 is 2.61 bits per heavy atom. The quantitative estimate of drug-likeness (QED) is 0.304. The van der Waals surface area contributed by atoms with E-state index in [9.17, 15) is 5.11 Å². The van der Waals surface area contributed by atoms with E-state index in [4.69, 9.17) is 32.9 Å². The Kier molecular flexibility index (Phi) is 8.16. The molecule has 36 heavy (non-hydrogen) atoms. The summed E-state index contributed by atoms with van der Waals surface area (Å²) in [5.74, 6) is 0.125. The van der Waals surface area contributed by atoms with Gasteiger partial charge in [-0.3, -0.25) is 4.98 Å². The number of rotatable bonds is 6. The zero-order valence-corrected chi connectivity index (χ0v) is 20.9. The van der Waals surface area contributed by atoms with Gasteiger partial charge in [-0.2, -0.15) is 0 Å². The van der Waals surface area contributed by atoms with E-state index in [1.165, 1.54) is 0 Å². The van der Waals surface area contributed by atoms with Gasteiger partial charge in [-0.15, -0.1) is 0 Å². The molecule has 1 saturated heterocycles. The number of fused-ring (bicyclic) bond motifs is 1. The number of methoxy groups -OCH3 is 1. The number of halogens is 2. The standard InChI is InChI=1S/C28H27Cl2N3O2.CH4/c1-35-27-24(15-20-14-22(30)8-9-25(20)33-27)26(19-4-6-21(29)7-5-19)28(34)10-12-32-23(16-28)13-18-3-2-11-31-17-18;/h2-9,11,14-15,17,23,26,32,34H,10,12-13,16H2,1H3;1H4. The van der Waals surface area contributed by atoms with E-state index in [0.29, 0.717) is 35.3 Å². The SMILES string of the molecule is C.COc1nc2ccc(Cl)cc2cc1C(c1ccc(Cl)cc1)C1(O)CCNC(Cc2cccnc2)C1. The van der Waals surface area contributed by atoms with Crippen molar-refractivity contribution in [2.45, 2.75) is 44.2 Å². The summed E-state index contributed by atoms with van der Waals surface area (Å²) in [6, 6.07) is 19.4. The van der Waals surface area contributed by atoms with E-state index in [1.54, 1.807) is 13.3 Å². The number of hydrogen-bond acceptors (Lipinski definition) is 5. The summed E-state index contributed by atoms with van der Waals surface area (Å²) in [7, 11) is 1.62. The molecule has 3 unspecified atom stereocenters. The number of pyridine rings is 2. The topological polar surface area (TPSA) is 67.3 Å². The van der Waals surface area contributed by atoms with Crippen molar-refractivity contribution >= 4 is 34.1 Å². The van der Waals surface area contributed by atoms with Crippen molar-refractivity contribution in [2.75, 3.05) is 13.7 Å². The largest absolute Gasteiger partial charge is 0.481 e. The van der Waals surface area contributed by atoms with Gasteiger partial charge in [-0.1, -0.05) is 48.8 Å². The first-order valence-corrected chi connectivity index (χ1v) is 12.4. The van der Waals surface area contributed by atoms with Crippen molar-refractivity contribution in [3.8, 4) is 5.88 Å². The molecule has 2 aromatic carbocycles. The number of benzene rings is 2. The third-order valence-corrected chi connectivity index (χ3v) is 7.30. The second-order valence-corrected chi connectivity index (χ2v) is 10.1. The molecule has 7 heteroatoms. The number of ether oxygens (including phenoxy) is 1. The van der Waals surface area contributed by atoms with Crippen LogP contribution in [0.2, 0.25) is 10.0 Å². The van der Waals surface area contributed by atoms with Crippen molar-refractivity contribution in [3.63, 3.8) is 0 Å². The van der Waals surface area contributed by atoms with Crippen LogP contribution in [0.1, 0.15) is 42.9 Å². The van der Waals surface area contributed by atoms with Gasteiger partial charge in [-0.25, -0.2) is 4.98 Å². The molecular weight excluding hydrogens is 493 g/mol. The zero-order chi connectivity index (χ0) is 24.4. The molecule has 0 bridgehead atoms. The van der Waals surface area contributed by atoms with Gasteiger partial charge in [0.15, 0.2) is 0 Å². The minimum absolute atomic E-state index is 0. The summed E-state index contributed by atoms with van der Waals surface area (Å²) in [6.45, 7) is 0.695. The first kappa shape index (κ1) is 26.4. The molecule has 0 aliphatic carbocycles. The molecular formula is C29H31Cl2N3O2. The summed E-state index contributed by atoms with van der Waals surface area (Å²) in [5, 5.41) is 18.1. The van der Waals surface area contributed by atoms with Gasteiger partial charge in [0.1, 0.15) is 0 Å². The molecule has 0 spiro atoms. The predicted molar refractivity (Wildman–Crippen MR) is 147 cm³/mol. The zero-order valence-electron chi connectivity index (χ0n) is 19.4. The maximum Gasteiger partial charge on any atom is 0.217 e. The fraction of sp³-hybridized carbons (Fsp3) is 0.310. The fourth-order valence-electron chi connectivity index (χ4n) is 5.25. The van der Waals surface area contributed by atoms with Gasteiger partial charge in [0, 0.05) is 45.3 Å². The van der Waals surface area contributed by atoms with Crippen molar-refractivity contribution < 1.29 is 9.84 Å². The maximum absolute atomic E-state index is 12.3. The number of hydrogen-bond donors (Lipinski definition) is 2. The molecule has 0 radical (unpaired) electrons. The highest BCUT2D eigenvalue weighted by Crippen LogP contribution is 2.45. The number of aromatic nitrogens is 2. The van der Waals surface area contributed by atoms with E-state index >= 15 is 0 Å². The highest BCUT2D eigenvalue weighted by atomic mass is 35.5. The summed E-state index contributed by atoms with van der Waals surface area (Å²) < 4.78 is 5.76. The molecule has 188 valence electrons. The van der Waals surface area contributed by atoms with Crippen molar-refractivity contribution in [2.24, 2.45) is 0 Å². The van der Waals surface area contributed by atoms with Crippen molar-refractivity contribution in [1.29, 1.82) is 0 Å². The molecule has 0 amide bonds. The van der Waals surface area contributed by atoms with Crippen molar-refractivity contribution in [1.82, 2.24) is 15.3 Å². The molecule has 5 rings (SSSR count). The third-order valence-electron chi connectivity index (χ3n) is 6.81. The normalized spacial score (nSPS) is 20.5. The van der Waals surface area contributed by atoms with Gasteiger partial charge in [0.2, 0.25) is 5.88 Å². The number of aliphatic hydroxyl groups is 1. The van der Waals surface area contributed by atoms with Crippen LogP contribution in [-0.4, -0.2) is 40.4 Å². The van der Waals surface area contributed by atoms with Crippen LogP contribution in [0.5, 0.6) is 5.88 Å². The van der Waals surface area contributed by atoms with E-state index in [1.807, 2.05) is 60.8 Å². The minimum atomic E-state index is -1.03. The number of nitrogens with one attached hydrogen (secondary N) is 1. The Bertz CT molecular complexity index is 1320. The van der Waals surface area contributed by atoms with Gasteiger partial charge in [0.05, 0.1) is 18.2 Å². The molecule has 1 aliphatic heterocycles. The second kappa shape index (κ2) is 11.1. The number of nitrogens with zero attached hydrogens (tertiary/aromatic N) is 2. The van der Waals surface area contributed by atoms with E-state index in [-0.39, 0.29) is 19.4 Å². The molecule has 2 aromatic heterocycles. The monoisotopic (exact) mass is 523 g/mol. The Labute approximate surface area is 222 Å². The average molecular weight is 524 g/mol. The Morgan fingerprint density at radius 1 is 1.11 bits per heavy atom. The highest BCUT2D eigenvalue weighted by Gasteiger charge is 2.44. The number of piperidine rings is 1. The van der Waals surface area contributed by atoms with Gasteiger partial charge >= 0.3 is 0 Å². The van der Waals surface area contributed by atoms with Gasteiger partial charge in [0.25, 0.3) is 0 Å². The smallest absolute Gasteiger partial charge is 0.217 e. The lowest BCUT2D eigenvalue weighted by molar-refractivity contribution is -0.0191. The summed E-state index contributed by atoms with van der Waals surface area (Å²) >= 11 is 12.5. The summed E-state index contributed by atoms with van der Waals surface area (Å²) in [4.78, 5) is 9.01. The Morgan fingerprint density at radius 2 is 1.89 bits per heavy atom. The lowest BCUT2D eigenvalue weighted by atomic mass is 9.70. The molecule has 3 atom stereocenters. The van der Waals surface area contributed by atoms with Crippen LogP contribution in [0, 0.1) is 0 Å².